The van der Waals surface area contributed by atoms with Crippen LogP contribution in [0.1, 0.15) is 34.1 Å². The van der Waals surface area contributed by atoms with Crippen LogP contribution in [0.15, 0.2) is 35.5 Å². The van der Waals surface area contributed by atoms with E-state index < -0.39 is 35.5 Å². The molecule has 0 N–H and O–H groups in total. The van der Waals surface area contributed by atoms with Gasteiger partial charge in [-0.2, -0.15) is 0 Å². The number of hydrogen-bond acceptors (Lipinski definition) is 8. The van der Waals surface area contributed by atoms with Gasteiger partial charge in [0.15, 0.2) is 0 Å². The predicted molar refractivity (Wildman–Crippen MR) is 82.4 cm³/mol. The van der Waals surface area contributed by atoms with E-state index in [9.17, 15) is 19.2 Å². The SMILES string of the molecule is CC1(C)OC(=O)C(=C/C=C/CC=C2C(=O)OC(C)(C)OC2=O)C(=O)O1. The zero-order valence-corrected chi connectivity index (χ0v) is 14.3. The van der Waals surface area contributed by atoms with Crippen molar-refractivity contribution in [3.63, 3.8) is 0 Å². The lowest BCUT2D eigenvalue weighted by molar-refractivity contribution is -0.224. The third-order valence-corrected chi connectivity index (χ3v) is 3.09. The molecule has 2 saturated heterocycles. The lowest BCUT2D eigenvalue weighted by Crippen LogP contribution is -2.41. The molecule has 134 valence electrons. The summed E-state index contributed by atoms with van der Waals surface area (Å²) in [6.45, 7) is 5.81. The summed E-state index contributed by atoms with van der Waals surface area (Å²) in [5.41, 5.74) is -0.462. The molecule has 8 heteroatoms. The van der Waals surface area contributed by atoms with Crippen molar-refractivity contribution >= 4 is 23.9 Å². The molecule has 2 rings (SSSR count). The number of rotatable bonds is 3. The van der Waals surface area contributed by atoms with Gasteiger partial charge in [-0.1, -0.05) is 18.2 Å². The number of allylic oxidation sites excluding steroid dienone is 4. The van der Waals surface area contributed by atoms with E-state index >= 15 is 0 Å². The highest BCUT2D eigenvalue weighted by Crippen LogP contribution is 2.23. The Morgan fingerprint density at radius 1 is 0.720 bits per heavy atom. The van der Waals surface area contributed by atoms with Gasteiger partial charge in [0.25, 0.3) is 11.6 Å². The molecule has 2 aliphatic heterocycles. The first-order chi connectivity index (χ1) is 11.5. The minimum Gasteiger partial charge on any atom is -0.419 e. The van der Waals surface area contributed by atoms with Crippen molar-refractivity contribution in [1.82, 2.24) is 0 Å². The van der Waals surface area contributed by atoms with E-state index in [4.69, 9.17) is 18.9 Å². The maximum atomic E-state index is 11.7. The number of carbonyl (C=O) groups excluding carboxylic acids is 4. The first-order valence-corrected chi connectivity index (χ1v) is 7.51. The van der Waals surface area contributed by atoms with Crippen LogP contribution >= 0.6 is 0 Å². The van der Waals surface area contributed by atoms with Crippen LogP contribution in [0.25, 0.3) is 0 Å². The summed E-state index contributed by atoms with van der Waals surface area (Å²) in [4.78, 5) is 46.9. The Hall–Kier alpha value is -2.90. The topological polar surface area (TPSA) is 105 Å². The van der Waals surface area contributed by atoms with Crippen molar-refractivity contribution < 1.29 is 38.1 Å². The zero-order chi connectivity index (χ0) is 18.8. The van der Waals surface area contributed by atoms with Crippen LogP contribution in [-0.4, -0.2) is 35.5 Å². The molecule has 0 aromatic carbocycles. The Morgan fingerprint density at radius 2 is 1.12 bits per heavy atom. The zero-order valence-electron chi connectivity index (χ0n) is 14.3. The monoisotopic (exact) mass is 350 g/mol. The lowest BCUT2D eigenvalue weighted by Gasteiger charge is -2.29. The molecule has 25 heavy (non-hydrogen) atoms. The highest BCUT2D eigenvalue weighted by Gasteiger charge is 2.39. The van der Waals surface area contributed by atoms with Gasteiger partial charge >= 0.3 is 23.9 Å². The van der Waals surface area contributed by atoms with Gasteiger partial charge in [0.05, 0.1) is 0 Å². The quantitative estimate of drug-likeness (QED) is 0.428. The van der Waals surface area contributed by atoms with Crippen molar-refractivity contribution in [2.45, 2.75) is 45.7 Å². The van der Waals surface area contributed by atoms with Gasteiger partial charge < -0.3 is 18.9 Å². The molecule has 0 spiro atoms. The number of cyclic esters (lactones) is 4. The van der Waals surface area contributed by atoms with Gasteiger partial charge in [-0.3, -0.25) is 0 Å². The Bertz CT molecular complexity index is 677. The van der Waals surface area contributed by atoms with E-state index in [0.717, 1.165) is 0 Å². The van der Waals surface area contributed by atoms with Crippen LogP contribution < -0.4 is 0 Å². The molecule has 0 aromatic rings. The Balaban J connectivity index is 2.00. The van der Waals surface area contributed by atoms with Crippen LogP contribution in [0.4, 0.5) is 0 Å². The van der Waals surface area contributed by atoms with Crippen LogP contribution in [-0.2, 0) is 38.1 Å². The van der Waals surface area contributed by atoms with Crippen molar-refractivity contribution in [3.05, 3.63) is 35.5 Å². The summed E-state index contributed by atoms with van der Waals surface area (Å²) < 4.78 is 19.8. The molecule has 0 aliphatic carbocycles. The Morgan fingerprint density at radius 3 is 1.56 bits per heavy atom. The molecule has 0 aromatic heterocycles. The minimum absolute atomic E-state index is 0.180. The molecule has 0 bridgehead atoms. The van der Waals surface area contributed by atoms with Gasteiger partial charge in [-0.15, -0.1) is 0 Å². The second kappa shape index (κ2) is 6.54. The van der Waals surface area contributed by atoms with Crippen molar-refractivity contribution in [2.24, 2.45) is 0 Å². The van der Waals surface area contributed by atoms with Gasteiger partial charge in [0, 0.05) is 27.7 Å². The van der Waals surface area contributed by atoms with Crippen molar-refractivity contribution in [3.8, 4) is 0 Å². The van der Waals surface area contributed by atoms with E-state index in [1.807, 2.05) is 0 Å². The van der Waals surface area contributed by atoms with Crippen LogP contribution in [0, 0.1) is 0 Å². The summed E-state index contributed by atoms with van der Waals surface area (Å²) in [5, 5.41) is 0. The molecule has 2 heterocycles. The maximum Gasteiger partial charge on any atom is 0.348 e. The molecule has 0 atom stereocenters. The van der Waals surface area contributed by atoms with Crippen LogP contribution in [0.2, 0.25) is 0 Å². The summed E-state index contributed by atoms with van der Waals surface area (Å²) in [7, 11) is 0. The van der Waals surface area contributed by atoms with Gasteiger partial charge in [0.2, 0.25) is 0 Å². The Labute approximate surface area is 144 Å². The summed E-state index contributed by atoms with van der Waals surface area (Å²) >= 11 is 0. The summed E-state index contributed by atoms with van der Waals surface area (Å²) in [6.07, 6.45) is 5.69. The second-order valence-corrected chi connectivity index (χ2v) is 6.22. The largest absolute Gasteiger partial charge is 0.419 e. The standard InChI is InChI=1S/C17H18O8/c1-16(2)22-12(18)10(13(19)23-16)8-6-5-7-9-11-14(20)24-17(3,4)25-15(11)21/h5-6,8-9H,7H2,1-4H3/b6-5+. The van der Waals surface area contributed by atoms with E-state index in [0.29, 0.717) is 0 Å². The van der Waals surface area contributed by atoms with Crippen LogP contribution in [0.5, 0.6) is 0 Å². The second-order valence-electron chi connectivity index (χ2n) is 6.22. The minimum atomic E-state index is -1.30. The van der Waals surface area contributed by atoms with E-state index in [1.165, 1.54) is 52.0 Å². The molecule has 2 fully saturated rings. The normalized spacial score (nSPS) is 22.1. The summed E-state index contributed by atoms with van der Waals surface area (Å²) in [5.74, 6) is -5.70. The molecule has 0 saturated carbocycles. The molecule has 0 unspecified atom stereocenters. The maximum absolute atomic E-state index is 11.7. The molecule has 8 nitrogen and oxygen atoms in total. The molecular weight excluding hydrogens is 332 g/mol. The fourth-order valence-electron chi connectivity index (χ4n) is 2.05. The number of esters is 4. The van der Waals surface area contributed by atoms with Gasteiger partial charge in [0.1, 0.15) is 11.1 Å². The predicted octanol–water partition coefficient (Wildman–Crippen LogP) is 1.46. The van der Waals surface area contributed by atoms with Crippen molar-refractivity contribution in [2.75, 3.05) is 0 Å². The first-order valence-electron chi connectivity index (χ1n) is 7.51. The van der Waals surface area contributed by atoms with Gasteiger partial charge in [-0.25, -0.2) is 19.2 Å². The van der Waals surface area contributed by atoms with Gasteiger partial charge in [-0.05, 0) is 12.5 Å². The number of ether oxygens (including phenoxy) is 4. The first kappa shape index (κ1) is 18.4. The van der Waals surface area contributed by atoms with E-state index in [-0.39, 0.29) is 17.6 Å². The molecule has 2 aliphatic rings. The van der Waals surface area contributed by atoms with Crippen molar-refractivity contribution in [1.29, 1.82) is 0 Å². The highest BCUT2D eigenvalue weighted by atomic mass is 16.7. The average molecular weight is 350 g/mol. The number of hydrogen-bond donors (Lipinski definition) is 0. The van der Waals surface area contributed by atoms with Crippen LogP contribution in [0.3, 0.4) is 0 Å². The average Bonchev–Trinajstić information content (AvgIpc) is 2.40. The molecule has 0 amide bonds. The highest BCUT2D eigenvalue weighted by molar-refractivity contribution is 6.16. The van der Waals surface area contributed by atoms with E-state index in [2.05, 4.69) is 0 Å². The molecular formula is C17H18O8. The number of carbonyl (C=O) groups is 4. The smallest absolute Gasteiger partial charge is 0.348 e. The Kier molecular flexibility index (Phi) is 4.82. The fourth-order valence-corrected chi connectivity index (χ4v) is 2.05. The third-order valence-electron chi connectivity index (χ3n) is 3.09. The molecule has 0 radical (unpaired) electrons. The third kappa shape index (κ3) is 4.56. The summed E-state index contributed by atoms with van der Waals surface area (Å²) in [6, 6.07) is 0. The lowest BCUT2D eigenvalue weighted by atomic mass is 10.1. The van der Waals surface area contributed by atoms with E-state index in [1.54, 1.807) is 0 Å². The fraction of sp³-hybridized carbons (Fsp3) is 0.412.